The molecule has 0 saturated heterocycles. The first-order valence-corrected chi connectivity index (χ1v) is 9.87. The Hall–Kier alpha value is -2.80. The third-order valence-electron chi connectivity index (χ3n) is 4.94. The lowest BCUT2D eigenvalue weighted by Gasteiger charge is -2.12. The Morgan fingerprint density at radius 3 is 2.54 bits per heavy atom. The van der Waals surface area contributed by atoms with Gasteiger partial charge in [-0.25, -0.2) is 4.39 Å². The number of fused-ring (bicyclic) bond motifs is 1. The van der Waals surface area contributed by atoms with Gasteiger partial charge >= 0.3 is 0 Å². The Morgan fingerprint density at radius 2 is 1.75 bits per heavy atom. The van der Waals surface area contributed by atoms with Crippen LogP contribution in [-0.4, -0.2) is 19.9 Å². The normalized spacial score (nSPS) is 13.5. The molecule has 0 atom stereocenters. The van der Waals surface area contributed by atoms with E-state index in [1.807, 2.05) is 24.3 Å². The van der Waals surface area contributed by atoms with Crippen molar-refractivity contribution in [1.29, 1.82) is 0 Å². The number of anilines is 2. The highest BCUT2D eigenvalue weighted by molar-refractivity contribution is 7.80. The van der Waals surface area contributed by atoms with Crippen LogP contribution in [-0.2, 0) is 13.0 Å². The Morgan fingerprint density at radius 1 is 1.00 bits per heavy atom. The van der Waals surface area contributed by atoms with Crippen LogP contribution < -0.4 is 10.6 Å². The van der Waals surface area contributed by atoms with Crippen LogP contribution in [0.15, 0.2) is 42.5 Å². The molecule has 7 heteroatoms. The Bertz CT molecular complexity index is 997. The molecule has 0 aliphatic carbocycles. The molecule has 3 aromatic rings. The number of aryl methyl sites for hydroxylation is 2. The topological polar surface area (TPSA) is 54.8 Å². The van der Waals surface area contributed by atoms with E-state index in [-0.39, 0.29) is 5.82 Å². The number of benzene rings is 2. The van der Waals surface area contributed by atoms with Gasteiger partial charge in [0.2, 0.25) is 0 Å². The molecule has 0 fully saturated rings. The maximum Gasteiger partial charge on any atom is 0.175 e. The van der Waals surface area contributed by atoms with E-state index < -0.39 is 0 Å². The van der Waals surface area contributed by atoms with Crippen LogP contribution in [0.5, 0.6) is 0 Å². The highest BCUT2D eigenvalue weighted by Crippen LogP contribution is 2.24. The molecule has 1 aliphatic rings. The molecule has 1 aliphatic heterocycles. The van der Waals surface area contributed by atoms with Gasteiger partial charge in [-0.1, -0.05) is 12.5 Å². The number of nitrogens with zero attached hydrogens (tertiary/aromatic N) is 3. The summed E-state index contributed by atoms with van der Waals surface area (Å²) in [7, 11) is 0. The van der Waals surface area contributed by atoms with E-state index in [0.717, 1.165) is 42.3 Å². The second-order valence-electron chi connectivity index (χ2n) is 7.02. The monoisotopic (exact) mass is 395 g/mol. The minimum absolute atomic E-state index is 0.260. The SMILES string of the molecule is Cc1ccc(NC(=S)Nc2ccc(-c3nnc4n3CCCCC4)cc2)cc1F. The van der Waals surface area contributed by atoms with Crippen LogP contribution in [0.3, 0.4) is 0 Å². The number of aromatic nitrogens is 3. The van der Waals surface area contributed by atoms with E-state index in [0.29, 0.717) is 16.4 Å². The lowest BCUT2D eigenvalue weighted by Crippen LogP contribution is -2.19. The van der Waals surface area contributed by atoms with E-state index in [2.05, 4.69) is 25.4 Å². The lowest BCUT2D eigenvalue weighted by atomic mass is 10.2. The predicted octanol–water partition coefficient (Wildman–Crippen LogP) is 4.93. The van der Waals surface area contributed by atoms with Crippen molar-refractivity contribution in [3.05, 3.63) is 59.7 Å². The molecule has 0 unspecified atom stereocenters. The molecule has 1 aromatic heterocycles. The Kier molecular flexibility index (Phi) is 5.34. The largest absolute Gasteiger partial charge is 0.332 e. The smallest absolute Gasteiger partial charge is 0.175 e. The molecule has 2 heterocycles. The quantitative estimate of drug-likeness (QED) is 0.616. The molecule has 0 amide bonds. The van der Waals surface area contributed by atoms with Gasteiger partial charge in [-0.05, 0) is 73.9 Å². The van der Waals surface area contributed by atoms with Crippen LogP contribution in [0.2, 0.25) is 0 Å². The van der Waals surface area contributed by atoms with E-state index in [1.165, 1.54) is 18.9 Å². The average molecular weight is 396 g/mol. The predicted molar refractivity (Wildman–Crippen MR) is 114 cm³/mol. The van der Waals surface area contributed by atoms with Crippen molar-refractivity contribution >= 4 is 28.7 Å². The first kappa shape index (κ1) is 18.6. The van der Waals surface area contributed by atoms with Crippen molar-refractivity contribution < 1.29 is 4.39 Å². The van der Waals surface area contributed by atoms with Crippen LogP contribution in [0.1, 0.15) is 30.7 Å². The summed E-state index contributed by atoms with van der Waals surface area (Å²) in [6, 6.07) is 12.9. The van der Waals surface area contributed by atoms with Crippen LogP contribution in [0.4, 0.5) is 15.8 Å². The van der Waals surface area contributed by atoms with E-state index in [1.54, 1.807) is 19.1 Å². The third-order valence-corrected chi connectivity index (χ3v) is 5.14. The van der Waals surface area contributed by atoms with Gasteiger partial charge in [0.15, 0.2) is 10.9 Å². The van der Waals surface area contributed by atoms with Gasteiger partial charge in [0.1, 0.15) is 11.6 Å². The van der Waals surface area contributed by atoms with Crippen molar-refractivity contribution in [3.8, 4) is 11.4 Å². The van der Waals surface area contributed by atoms with E-state index in [9.17, 15) is 4.39 Å². The fourth-order valence-corrected chi connectivity index (χ4v) is 3.60. The molecule has 0 saturated carbocycles. The van der Waals surface area contributed by atoms with Crippen molar-refractivity contribution in [3.63, 3.8) is 0 Å². The molecule has 4 rings (SSSR count). The average Bonchev–Trinajstić information content (AvgIpc) is 2.93. The molecule has 2 N–H and O–H groups in total. The zero-order chi connectivity index (χ0) is 19.5. The summed E-state index contributed by atoms with van der Waals surface area (Å²) in [5, 5.41) is 15.3. The minimum Gasteiger partial charge on any atom is -0.332 e. The third kappa shape index (κ3) is 4.04. The number of thiocarbonyl (C=S) groups is 1. The van der Waals surface area contributed by atoms with Crippen molar-refractivity contribution in [2.75, 3.05) is 10.6 Å². The maximum atomic E-state index is 13.7. The van der Waals surface area contributed by atoms with Crippen LogP contribution in [0, 0.1) is 12.7 Å². The zero-order valence-electron chi connectivity index (χ0n) is 15.7. The van der Waals surface area contributed by atoms with Crippen molar-refractivity contribution in [1.82, 2.24) is 14.8 Å². The second kappa shape index (κ2) is 8.06. The lowest BCUT2D eigenvalue weighted by molar-refractivity contribution is 0.619. The second-order valence-corrected chi connectivity index (χ2v) is 7.43. The fraction of sp³-hybridized carbons (Fsp3) is 0.286. The standard InChI is InChI=1S/C21H22FN5S/c1-14-6-9-17(13-18(14)22)24-21(28)23-16-10-7-15(8-11-16)20-26-25-19-5-3-2-4-12-27(19)20/h6-11,13H,2-5,12H2,1H3,(H2,23,24,28). The highest BCUT2D eigenvalue weighted by atomic mass is 32.1. The first-order valence-electron chi connectivity index (χ1n) is 9.47. The molecule has 2 aromatic carbocycles. The molecular formula is C21H22FN5S. The van der Waals surface area contributed by atoms with Crippen LogP contribution >= 0.6 is 12.2 Å². The molecule has 0 bridgehead atoms. The van der Waals surface area contributed by atoms with Gasteiger partial charge in [-0.2, -0.15) is 0 Å². The van der Waals surface area contributed by atoms with Gasteiger partial charge < -0.3 is 15.2 Å². The molecule has 0 radical (unpaired) electrons. The van der Waals surface area contributed by atoms with Crippen molar-refractivity contribution in [2.24, 2.45) is 0 Å². The van der Waals surface area contributed by atoms with Gasteiger partial charge in [-0.3, -0.25) is 0 Å². The maximum absolute atomic E-state index is 13.7. The summed E-state index contributed by atoms with van der Waals surface area (Å²) in [6.07, 6.45) is 4.57. The van der Waals surface area contributed by atoms with Gasteiger partial charge in [0.05, 0.1) is 0 Å². The number of hydrogen-bond acceptors (Lipinski definition) is 3. The number of nitrogens with one attached hydrogen (secondary N) is 2. The van der Waals surface area contributed by atoms with Gasteiger partial charge in [0, 0.05) is 29.9 Å². The summed E-state index contributed by atoms with van der Waals surface area (Å²) in [5.74, 6) is 1.73. The summed E-state index contributed by atoms with van der Waals surface area (Å²) < 4.78 is 15.9. The summed E-state index contributed by atoms with van der Waals surface area (Å²) >= 11 is 5.33. The first-order chi connectivity index (χ1) is 13.6. The zero-order valence-corrected chi connectivity index (χ0v) is 16.5. The number of halogens is 1. The Labute approximate surface area is 169 Å². The number of hydrogen-bond donors (Lipinski definition) is 2. The van der Waals surface area contributed by atoms with Gasteiger partial charge in [-0.15, -0.1) is 10.2 Å². The summed E-state index contributed by atoms with van der Waals surface area (Å²) in [6.45, 7) is 2.70. The molecule has 5 nitrogen and oxygen atoms in total. The molecule has 28 heavy (non-hydrogen) atoms. The minimum atomic E-state index is -0.260. The summed E-state index contributed by atoms with van der Waals surface area (Å²) in [4.78, 5) is 0. The van der Waals surface area contributed by atoms with Gasteiger partial charge in [0.25, 0.3) is 0 Å². The molecular weight excluding hydrogens is 373 g/mol. The Balaban J connectivity index is 1.44. The highest BCUT2D eigenvalue weighted by Gasteiger charge is 2.15. The molecule has 144 valence electrons. The van der Waals surface area contributed by atoms with Crippen LogP contribution in [0.25, 0.3) is 11.4 Å². The number of rotatable bonds is 3. The summed E-state index contributed by atoms with van der Waals surface area (Å²) in [5.41, 5.74) is 3.10. The fourth-order valence-electron chi connectivity index (χ4n) is 3.37. The van der Waals surface area contributed by atoms with E-state index in [4.69, 9.17) is 12.2 Å². The van der Waals surface area contributed by atoms with Crippen molar-refractivity contribution in [2.45, 2.75) is 39.2 Å². The van der Waals surface area contributed by atoms with E-state index >= 15 is 0 Å². The molecule has 0 spiro atoms.